The van der Waals surface area contributed by atoms with Gasteiger partial charge in [-0.3, -0.25) is 0 Å². The smallest absolute Gasteiger partial charge is 0.246 e. The van der Waals surface area contributed by atoms with E-state index in [1.54, 1.807) is 20.8 Å². The van der Waals surface area contributed by atoms with Gasteiger partial charge in [-0.1, -0.05) is 6.07 Å². The van der Waals surface area contributed by atoms with E-state index in [0.29, 0.717) is 24.9 Å². The second-order valence-corrected chi connectivity index (χ2v) is 7.72. The summed E-state index contributed by atoms with van der Waals surface area (Å²) in [6.07, 6.45) is 1.25. The van der Waals surface area contributed by atoms with Crippen molar-refractivity contribution < 1.29 is 17.9 Å². The summed E-state index contributed by atoms with van der Waals surface area (Å²) in [5.74, 6) is -0.753. The van der Waals surface area contributed by atoms with Gasteiger partial charge in [0.15, 0.2) is 0 Å². The Balaban J connectivity index is 2.47. The maximum Gasteiger partial charge on any atom is 0.246 e. The van der Waals surface area contributed by atoms with E-state index in [-0.39, 0.29) is 4.90 Å². The molecule has 0 aromatic heterocycles. The lowest BCUT2D eigenvalue weighted by Gasteiger charge is -2.33. The van der Waals surface area contributed by atoms with Gasteiger partial charge in [-0.2, -0.15) is 4.31 Å². The number of aryl methyl sites for hydroxylation is 1. The van der Waals surface area contributed by atoms with Crippen LogP contribution in [0.1, 0.15) is 32.3 Å². The Morgan fingerprint density at radius 1 is 1.40 bits per heavy atom. The Morgan fingerprint density at radius 3 is 2.65 bits per heavy atom. The molecule has 2 rings (SSSR count). The van der Waals surface area contributed by atoms with Crippen LogP contribution < -0.4 is 0 Å². The van der Waals surface area contributed by atoms with E-state index < -0.39 is 27.5 Å². The van der Waals surface area contributed by atoms with Crippen molar-refractivity contribution in [3.63, 3.8) is 0 Å². The first-order valence-corrected chi connectivity index (χ1v) is 8.08. The third kappa shape index (κ3) is 2.73. The third-order valence-electron chi connectivity index (χ3n) is 3.69. The van der Waals surface area contributed by atoms with Crippen molar-refractivity contribution in [3.05, 3.63) is 29.6 Å². The number of hydrogen-bond acceptors (Lipinski definition) is 3. The fourth-order valence-corrected chi connectivity index (χ4v) is 4.64. The topological polar surface area (TPSA) is 57.6 Å². The van der Waals surface area contributed by atoms with Gasteiger partial charge in [-0.15, -0.1) is 0 Å². The highest BCUT2D eigenvalue weighted by Gasteiger charge is 2.43. The Labute approximate surface area is 119 Å². The number of nitrogens with zero attached hydrogens (tertiary/aromatic N) is 1. The van der Waals surface area contributed by atoms with Crippen molar-refractivity contribution in [2.75, 3.05) is 6.54 Å². The molecule has 1 heterocycles. The number of sulfonamides is 1. The first-order valence-electron chi connectivity index (χ1n) is 6.64. The molecule has 4 nitrogen and oxygen atoms in total. The minimum atomic E-state index is -3.93. The zero-order valence-corrected chi connectivity index (χ0v) is 12.7. The Kier molecular flexibility index (Phi) is 3.92. The number of benzene rings is 1. The lowest BCUT2D eigenvalue weighted by atomic mass is 9.98. The van der Waals surface area contributed by atoms with Gasteiger partial charge >= 0.3 is 0 Å². The summed E-state index contributed by atoms with van der Waals surface area (Å²) in [6.45, 7) is 5.19. The van der Waals surface area contributed by atoms with E-state index >= 15 is 0 Å². The molecule has 1 aromatic rings. The van der Waals surface area contributed by atoms with Crippen molar-refractivity contribution in [1.82, 2.24) is 4.31 Å². The maximum absolute atomic E-state index is 13.9. The van der Waals surface area contributed by atoms with Crippen molar-refractivity contribution in [3.8, 4) is 0 Å². The van der Waals surface area contributed by atoms with Crippen LogP contribution in [0.3, 0.4) is 0 Å². The fraction of sp³-hybridized carbons (Fsp3) is 0.571. The molecule has 0 spiro atoms. The second-order valence-electron chi connectivity index (χ2n) is 5.86. The number of rotatable bonds is 3. The van der Waals surface area contributed by atoms with E-state index in [1.165, 1.54) is 16.4 Å². The van der Waals surface area contributed by atoms with Crippen LogP contribution in [0.4, 0.5) is 4.39 Å². The minimum absolute atomic E-state index is 0.310. The predicted octanol–water partition coefficient (Wildman–Crippen LogP) is 2.06. The van der Waals surface area contributed by atoms with Gasteiger partial charge in [0.2, 0.25) is 10.0 Å². The monoisotopic (exact) mass is 301 g/mol. The molecule has 1 aliphatic heterocycles. The molecule has 1 aromatic carbocycles. The Hall–Kier alpha value is -0.980. The molecule has 1 fully saturated rings. The summed E-state index contributed by atoms with van der Waals surface area (Å²) in [5, 5.41) is 10.1. The summed E-state index contributed by atoms with van der Waals surface area (Å²) in [5.41, 5.74) is -0.465. The molecule has 0 radical (unpaired) electrons. The van der Waals surface area contributed by atoms with Gasteiger partial charge in [0, 0.05) is 6.54 Å². The van der Waals surface area contributed by atoms with Gasteiger partial charge in [0.05, 0.1) is 11.6 Å². The van der Waals surface area contributed by atoms with Crippen molar-refractivity contribution in [1.29, 1.82) is 0 Å². The molecule has 1 aliphatic rings. The minimum Gasteiger partial charge on any atom is -0.389 e. The van der Waals surface area contributed by atoms with Gasteiger partial charge in [0.25, 0.3) is 0 Å². The molecule has 0 aliphatic carbocycles. The van der Waals surface area contributed by atoms with E-state index in [0.717, 1.165) is 6.07 Å². The van der Waals surface area contributed by atoms with Crippen LogP contribution in [0.5, 0.6) is 0 Å². The largest absolute Gasteiger partial charge is 0.389 e. The second kappa shape index (κ2) is 5.09. The number of halogens is 1. The van der Waals surface area contributed by atoms with Crippen LogP contribution >= 0.6 is 0 Å². The average molecular weight is 301 g/mol. The molecule has 0 saturated carbocycles. The van der Waals surface area contributed by atoms with Gasteiger partial charge in [-0.25, -0.2) is 12.8 Å². The summed E-state index contributed by atoms with van der Waals surface area (Å²) in [7, 11) is -3.93. The standard InChI is InChI=1S/C14H20FNO3S/c1-10-6-7-11(15)12(9-10)20(18,19)16-8-4-5-13(16)14(2,3)17/h6-7,9,13,17H,4-5,8H2,1-3H3. The van der Waals surface area contributed by atoms with Crippen LogP contribution in [-0.2, 0) is 10.0 Å². The third-order valence-corrected chi connectivity index (χ3v) is 5.62. The molecule has 1 saturated heterocycles. The van der Waals surface area contributed by atoms with E-state index in [4.69, 9.17) is 0 Å². The highest BCUT2D eigenvalue weighted by molar-refractivity contribution is 7.89. The SMILES string of the molecule is Cc1ccc(F)c(S(=O)(=O)N2CCCC2C(C)(C)O)c1. The molecule has 1 N–H and O–H groups in total. The molecule has 0 amide bonds. The zero-order chi connectivity index (χ0) is 15.1. The molecule has 1 atom stereocenters. The van der Waals surface area contributed by atoms with Crippen molar-refractivity contribution in [2.45, 2.75) is 50.2 Å². The molecule has 0 bridgehead atoms. The predicted molar refractivity (Wildman–Crippen MR) is 74.3 cm³/mol. The Morgan fingerprint density at radius 2 is 2.05 bits per heavy atom. The first-order chi connectivity index (χ1) is 9.14. The quantitative estimate of drug-likeness (QED) is 0.929. The van der Waals surface area contributed by atoms with Crippen LogP contribution in [0.15, 0.2) is 23.1 Å². The molecule has 112 valence electrons. The molecular formula is C14H20FNO3S. The average Bonchev–Trinajstić information content (AvgIpc) is 2.81. The summed E-state index contributed by atoms with van der Waals surface area (Å²) in [6, 6.07) is 3.51. The number of aliphatic hydroxyl groups is 1. The van der Waals surface area contributed by atoms with E-state index in [2.05, 4.69) is 0 Å². The van der Waals surface area contributed by atoms with Crippen molar-refractivity contribution >= 4 is 10.0 Å². The van der Waals surface area contributed by atoms with E-state index in [1.807, 2.05) is 0 Å². The summed E-state index contributed by atoms with van der Waals surface area (Å²) in [4.78, 5) is -0.311. The van der Waals surface area contributed by atoms with Crippen LogP contribution in [0, 0.1) is 12.7 Å². The maximum atomic E-state index is 13.9. The lowest BCUT2D eigenvalue weighted by molar-refractivity contribution is 0.0214. The highest BCUT2D eigenvalue weighted by atomic mass is 32.2. The highest BCUT2D eigenvalue weighted by Crippen LogP contribution is 2.33. The van der Waals surface area contributed by atoms with E-state index in [9.17, 15) is 17.9 Å². The normalized spacial score (nSPS) is 21.4. The first kappa shape index (κ1) is 15.4. The van der Waals surface area contributed by atoms with Crippen molar-refractivity contribution in [2.24, 2.45) is 0 Å². The zero-order valence-electron chi connectivity index (χ0n) is 11.9. The van der Waals surface area contributed by atoms with Crippen LogP contribution in [0.2, 0.25) is 0 Å². The Bertz CT molecular complexity index is 607. The fourth-order valence-electron chi connectivity index (χ4n) is 2.67. The van der Waals surface area contributed by atoms with Gasteiger partial charge < -0.3 is 5.11 Å². The van der Waals surface area contributed by atoms with Gasteiger partial charge in [-0.05, 0) is 51.3 Å². The van der Waals surface area contributed by atoms with Gasteiger partial charge in [0.1, 0.15) is 10.7 Å². The summed E-state index contributed by atoms with van der Waals surface area (Å²) >= 11 is 0. The summed E-state index contributed by atoms with van der Waals surface area (Å²) < 4.78 is 40.4. The molecule has 6 heteroatoms. The molecule has 1 unspecified atom stereocenters. The molecular weight excluding hydrogens is 281 g/mol. The van der Waals surface area contributed by atoms with Crippen LogP contribution in [0.25, 0.3) is 0 Å². The molecule has 20 heavy (non-hydrogen) atoms. The van der Waals surface area contributed by atoms with Crippen LogP contribution in [-0.4, -0.2) is 36.0 Å². The lowest BCUT2D eigenvalue weighted by Crippen LogP contribution is -2.48. The number of hydrogen-bond donors (Lipinski definition) is 1.